The smallest absolute Gasteiger partial charge is 0.248 e. The van der Waals surface area contributed by atoms with Gasteiger partial charge < -0.3 is 19.7 Å². The molecule has 0 spiro atoms. The van der Waals surface area contributed by atoms with Crippen LogP contribution in [-0.2, 0) is 14.3 Å². The van der Waals surface area contributed by atoms with Crippen LogP contribution in [0.25, 0.3) is 0 Å². The van der Waals surface area contributed by atoms with Gasteiger partial charge in [0.1, 0.15) is 6.61 Å². The Morgan fingerprint density at radius 1 is 1.59 bits per heavy atom. The molecule has 0 saturated carbocycles. The molecule has 2 heterocycles. The summed E-state index contributed by atoms with van der Waals surface area (Å²) in [7, 11) is 0. The number of carbonyl (C=O) groups is 1. The second-order valence-corrected chi connectivity index (χ2v) is 4.89. The van der Waals surface area contributed by atoms with E-state index in [0.717, 1.165) is 39.3 Å². The van der Waals surface area contributed by atoms with Crippen molar-refractivity contribution in [3.05, 3.63) is 0 Å². The summed E-state index contributed by atoms with van der Waals surface area (Å²) in [4.78, 5) is 13.8. The average Bonchev–Trinajstić information content (AvgIpc) is 2.82. The molecule has 0 aromatic carbocycles. The van der Waals surface area contributed by atoms with Gasteiger partial charge in [-0.3, -0.25) is 4.79 Å². The lowest BCUT2D eigenvalue weighted by atomic mass is 10.1. The van der Waals surface area contributed by atoms with Crippen LogP contribution in [0.5, 0.6) is 0 Å². The van der Waals surface area contributed by atoms with Crippen LogP contribution < -0.4 is 5.32 Å². The molecule has 2 atom stereocenters. The van der Waals surface area contributed by atoms with E-state index in [1.54, 1.807) is 0 Å². The first-order valence-electron chi connectivity index (χ1n) is 6.43. The number of nitrogens with one attached hydrogen (secondary N) is 1. The predicted octanol–water partition coefficient (Wildman–Crippen LogP) is -0.140. The molecule has 0 aliphatic carbocycles. The largest absolute Gasteiger partial charge is 0.381 e. The van der Waals surface area contributed by atoms with Gasteiger partial charge in [0.2, 0.25) is 5.91 Å². The number of amides is 1. The van der Waals surface area contributed by atoms with Crippen LogP contribution in [-0.4, -0.2) is 62.9 Å². The monoisotopic (exact) mass is 242 g/mol. The van der Waals surface area contributed by atoms with Gasteiger partial charge in [-0.15, -0.1) is 0 Å². The molecule has 0 aromatic heterocycles. The lowest BCUT2D eigenvalue weighted by Crippen LogP contribution is -2.53. The SMILES string of the molecule is C[C@H]1CNCCN1C(=O)COC[C@@H]1CCOC1. The molecule has 0 bridgehead atoms. The quantitative estimate of drug-likeness (QED) is 0.745. The lowest BCUT2D eigenvalue weighted by Gasteiger charge is -2.33. The first-order valence-corrected chi connectivity index (χ1v) is 6.43. The topological polar surface area (TPSA) is 50.8 Å². The highest BCUT2D eigenvalue weighted by Gasteiger charge is 2.23. The van der Waals surface area contributed by atoms with Crippen molar-refractivity contribution in [1.29, 1.82) is 0 Å². The highest BCUT2D eigenvalue weighted by Crippen LogP contribution is 2.12. The summed E-state index contributed by atoms with van der Waals surface area (Å²) in [5.41, 5.74) is 0. The number of nitrogens with zero attached hydrogens (tertiary/aromatic N) is 1. The second-order valence-electron chi connectivity index (χ2n) is 4.89. The summed E-state index contributed by atoms with van der Waals surface area (Å²) >= 11 is 0. The minimum atomic E-state index is 0.109. The molecule has 0 radical (unpaired) electrons. The van der Waals surface area contributed by atoms with E-state index in [2.05, 4.69) is 12.2 Å². The maximum Gasteiger partial charge on any atom is 0.248 e. The minimum absolute atomic E-state index is 0.109. The van der Waals surface area contributed by atoms with Gasteiger partial charge in [0, 0.05) is 38.2 Å². The lowest BCUT2D eigenvalue weighted by molar-refractivity contribution is -0.139. The summed E-state index contributed by atoms with van der Waals surface area (Å²) < 4.78 is 10.8. The molecule has 2 saturated heterocycles. The van der Waals surface area contributed by atoms with Crippen LogP contribution in [0.15, 0.2) is 0 Å². The van der Waals surface area contributed by atoms with Crippen molar-refractivity contribution in [2.45, 2.75) is 19.4 Å². The molecule has 0 unspecified atom stereocenters. The van der Waals surface area contributed by atoms with Crippen LogP contribution in [0.2, 0.25) is 0 Å². The van der Waals surface area contributed by atoms with Crippen molar-refractivity contribution in [3.8, 4) is 0 Å². The number of carbonyl (C=O) groups excluding carboxylic acids is 1. The van der Waals surface area contributed by atoms with Crippen molar-refractivity contribution in [2.75, 3.05) is 46.1 Å². The number of hydrogen-bond donors (Lipinski definition) is 1. The summed E-state index contributed by atoms with van der Waals surface area (Å²) in [6.07, 6.45) is 1.05. The molecule has 98 valence electrons. The fraction of sp³-hybridized carbons (Fsp3) is 0.917. The third kappa shape index (κ3) is 3.66. The Hall–Kier alpha value is -0.650. The van der Waals surface area contributed by atoms with E-state index in [0.29, 0.717) is 12.5 Å². The molecule has 5 nitrogen and oxygen atoms in total. The summed E-state index contributed by atoms with van der Waals surface area (Å²) in [5, 5.41) is 3.27. The Morgan fingerprint density at radius 3 is 3.18 bits per heavy atom. The standard InChI is InChI=1S/C12H22N2O3/c1-10-6-13-3-4-14(10)12(15)9-17-8-11-2-5-16-7-11/h10-11,13H,2-9H2,1H3/t10-,11+/m0/s1. The Kier molecular flexibility index (Phi) is 4.76. The summed E-state index contributed by atoms with van der Waals surface area (Å²) in [6, 6.07) is 0.273. The Bertz CT molecular complexity index is 254. The van der Waals surface area contributed by atoms with Crippen LogP contribution in [0.1, 0.15) is 13.3 Å². The second kappa shape index (κ2) is 6.33. The van der Waals surface area contributed by atoms with Gasteiger partial charge in [-0.25, -0.2) is 0 Å². The van der Waals surface area contributed by atoms with Gasteiger partial charge in [0.25, 0.3) is 0 Å². The number of rotatable bonds is 4. The van der Waals surface area contributed by atoms with E-state index in [1.165, 1.54) is 0 Å². The van der Waals surface area contributed by atoms with Crippen molar-refractivity contribution in [1.82, 2.24) is 10.2 Å². The molecule has 2 rings (SSSR count). The van der Waals surface area contributed by atoms with Gasteiger partial charge in [0.05, 0.1) is 13.2 Å². The molecule has 1 N–H and O–H groups in total. The molecule has 2 fully saturated rings. The maximum absolute atomic E-state index is 11.9. The fourth-order valence-corrected chi connectivity index (χ4v) is 2.32. The molecule has 5 heteroatoms. The van der Waals surface area contributed by atoms with Crippen molar-refractivity contribution < 1.29 is 14.3 Å². The number of piperazine rings is 1. The first-order chi connectivity index (χ1) is 8.27. The third-order valence-electron chi connectivity index (χ3n) is 3.42. The normalized spacial score (nSPS) is 29.6. The van der Waals surface area contributed by atoms with E-state index in [1.807, 2.05) is 4.90 Å². The minimum Gasteiger partial charge on any atom is -0.381 e. The van der Waals surface area contributed by atoms with Crippen molar-refractivity contribution in [2.24, 2.45) is 5.92 Å². The molecule has 17 heavy (non-hydrogen) atoms. The number of ether oxygens (including phenoxy) is 2. The number of hydrogen-bond acceptors (Lipinski definition) is 4. The van der Waals surface area contributed by atoms with Crippen LogP contribution >= 0.6 is 0 Å². The maximum atomic E-state index is 11.9. The highest BCUT2D eigenvalue weighted by molar-refractivity contribution is 5.77. The Morgan fingerprint density at radius 2 is 2.47 bits per heavy atom. The Balaban J connectivity index is 1.65. The van der Waals surface area contributed by atoms with Gasteiger partial charge in [0.15, 0.2) is 0 Å². The van der Waals surface area contributed by atoms with Crippen LogP contribution in [0.4, 0.5) is 0 Å². The van der Waals surface area contributed by atoms with E-state index >= 15 is 0 Å². The molecular weight excluding hydrogens is 220 g/mol. The van der Waals surface area contributed by atoms with Gasteiger partial charge >= 0.3 is 0 Å². The molecule has 2 aliphatic rings. The molecule has 0 aromatic rings. The van der Waals surface area contributed by atoms with E-state index in [-0.39, 0.29) is 18.6 Å². The van der Waals surface area contributed by atoms with Gasteiger partial charge in [-0.2, -0.15) is 0 Å². The zero-order chi connectivity index (χ0) is 12.1. The molecular formula is C12H22N2O3. The van der Waals surface area contributed by atoms with Crippen molar-refractivity contribution >= 4 is 5.91 Å². The third-order valence-corrected chi connectivity index (χ3v) is 3.42. The first kappa shape index (κ1) is 12.8. The predicted molar refractivity (Wildman–Crippen MR) is 63.8 cm³/mol. The summed E-state index contributed by atoms with van der Waals surface area (Å²) in [6.45, 7) is 7.07. The summed E-state index contributed by atoms with van der Waals surface area (Å²) in [5.74, 6) is 0.584. The average molecular weight is 242 g/mol. The van der Waals surface area contributed by atoms with Gasteiger partial charge in [-0.1, -0.05) is 0 Å². The highest BCUT2D eigenvalue weighted by atomic mass is 16.5. The fourth-order valence-electron chi connectivity index (χ4n) is 2.32. The van der Waals surface area contributed by atoms with Crippen LogP contribution in [0.3, 0.4) is 0 Å². The van der Waals surface area contributed by atoms with E-state index < -0.39 is 0 Å². The zero-order valence-electron chi connectivity index (χ0n) is 10.5. The van der Waals surface area contributed by atoms with E-state index in [4.69, 9.17) is 9.47 Å². The van der Waals surface area contributed by atoms with Crippen molar-refractivity contribution in [3.63, 3.8) is 0 Å². The molecule has 2 aliphatic heterocycles. The van der Waals surface area contributed by atoms with Gasteiger partial charge in [-0.05, 0) is 13.3 Å². The van der Waals surface area contributed by atoms with E-state index in [9.17, 15) is 4.79 Å². The Labute approximate surface area is 102 Å². The zero-order valence-corrected chi connectivity index (χ0v) is 10.5. The molecule has 1 amide bonds. The van der Waals surface area contributed by atoms with Crippen LogP contribution in [0, 0.1) is 5.92 Å².